The monoisotopic (exact) mass is 284 g/mol. The molecular weight excluding hydrogens is 248 g/mol. The SMILES string of the molecule is CCCCCCCCCC(O)C1(OC)CCCCCC1. The van der Waals surface area contributed by atoms with Crippen molar-refractivity contribution < 1.29 is 9.84 Å². The van der Waals surface area contributed by atoms with Crippen LogP contribution in [0.5, 0.6) is 0 Å². The van der Waals surface area contributed by atoms with Crippen molar-refractivity contribution in [3.8, 4) is 0 Å². The molecule has 0 aliphatic heterocycles. The largest absolute Gasteiger partial charge is 0.390 e. The first-order valence-corrected chi connectivity index (χ1v) is 8.98. The average molecular weight is 284 g/mol. The maximum Gasteiger partial charge on any atom is 0.0936 e. The lowest BCUT2D eigenvalue weighted by molar-refractivity contribution is -0.114. The van der Waals surface area contributed by atoms with Crippen molar-refractivity contribution in [3.05, 3.63) is 0 Å². The number of hydrogen-bond donors (Lipinski definition) is 1. The number of unbranched alkanes of at least 4 members (excludes halogenated alkanes) is 6. The summed E-state index contributed by atoms with van der Waals surface area (Å²) in [5.41, 5.74) is -0.237. The predicted octanol–water partition coefficient (Wildman–Crippen LogP) is 5.23. The summed E-state index contributed by atoms with van der Waals surface area (Å²) in [6.07, 6.45) is 16.9. The van der Waals surface area contributed by atoms with Crippen molar-refractivity contribution in [1.29, 1.82) is 0 Å². The highest BCUT2D eigenvalue weighted by Crippen LogP contribution is 2.34. The summed E-state index contributed by atoms with van der Waals surface area (Å²) in [5.74, 6) is 0. The molecule has 0 saturated heterocycles. The van der Waals surface area contributed by atoms with E-state index in [0.717, 1.165) is 25.7 Å². The molecule has 1 unspecified atom stereocenters. The van der Waals surface area contributed by atoms with E-state index in [9.17, 15) is 5.11 Å². The Kier molecular flexibility index (Phi) is 9.54. The fourth-order valence-corrected chi connectivity index (χ4v) is 3.56. The fourth-order valence-electron chi connectivity index (χ4n) is 3.56. The van der Waals surface area contributed by atoms with E-state index in [1.54, 1.807) is 7.11 Å². The van der Waals surface area contributed by atoms with Gasteiger partial charge in [-0.3, -0.25) is 0 Å². The van der Waals surface area contributed by atoms with Gasteiger partial charge in [0.15, 0.2) is 0 Å². The summed E-state index contributed by atoms with van der Waals surface area (Å²) in [5, 5.41) is 10.6. The minimum Gasteiger partial charge on any atom is -0.390 e. The molecule has 1 N–H and O–H groups in total. The third-order valence-corrected chi connectivity index (χ3v) is 5.04. The maximum atomic E-state index is 10.6. The van der Waals surface area contributed by atoms with Crippen molar-refractivity contribution in [3.63, 3.8) is 0 Å². The van der Waals surface area contributed by atoms with Gasteiger partial charge in [0.25, 0.3) is 0 Å². The Labute approximate surface area is 126 Å². The molecule has 1 aliphatic carbocycles. The molecule has 0 bridgehead atoms. The molecule has 1 fully saturated rings. The van der Waals surface area contributed by atoms with Crippen LogP contribution in [-0.4, -0.2) is 23.9 Å². The number of methoxy groups -OCH3 is 1. The first-order valence-electron chi connectivity index (χ1n) is 8.98. The lowest BCUT2D eigenvalue weighted by Gasteiger charge is -2.36. The summed E-state index contributed by atoms with van der Waals surface area (Å²) in [6, 6.07) is 0. The van der Waals surface area contributed by atoms with Gasteiger partial charge in [-0.2, -0.15) is 0 Å². The molecule has 2 nitrogen and oxygen atoms in total. The quantitative estimate of drug-likeness (QED) is 0.440. The van der Waals surface area contributed by atoms with E-state index in [0.29, 0.717) is 0 Å². The van der Waals surface area contributed by atoms with Crippen LogP contribution in [0.25, 0.3) is 0 Å². The molecule has 120 valence electrons. The van der Waals surface area contributed by atoms with Crippen LogP contribution < -0.4 is 0 Å². The van der Waals surface area contributed by atoms with Crippen LogP contribution in [0.15, 0.2) is 0 Å². The van der Waals surface area contributed by atoms with E-state index in [1.165, 1.54) is 64.2 Å². The zero-order chi connectivity index (χ0) is 14.7. The lowest BCUT2D eigenvalue weighted by Crippen LogP contribution is -2.43. The minimum atomic E-state index is -0.263. The second kappa shape index (κ2) is 10.6. The lowest BCUT2D eigenvalue weighted by atomic mass is 9.85. The highest BCUT2D eigenvalue weighted by molar-refractivity contribution is 4.89. The average Bonchev–Trinajstić information content (AvgIpc) is 2.72. The second-order valence-corrected chi connectivity index (χ2v) is 6.61. The van der Waals surface area contributed by atoms with Gasteiger partial charge in [0.1, 0.15) is 0 Å². The zero-order valence-electron chi connectivity index (χ0n) is 13.8. The van der Waals surface area contributed by atoms with Crippen molar-refractivity contribution >= 4 is 0 Å². The van der Waals surface area contributed by atoms with Crippen molar-refractivity contribution in [1.82, 2.24) is 0 Å². The zero-order valence-corrected chi connectivity index (χ0v) is 13.8. The smallest absolute Gasteiger partial charge is 0.0936 e. The van der Waals surface area contributed by atoms with Crippen LogP contribution in [-0.2, 0) is 4.74 Å². The standard InChI is InChI=1S/C18H36O2/c1-3-4-5-6-7-8-11-14-17(19)18(20-2)15-12-9-10-13-16-18/h17,19H,3-16H2,1-2H3. The molecule has 0 amide bonds. The van der Waals surface area contributed by atoms with E-state index in [4.69, 9.17) is 4.74 Å². The van der Waals surface area contributed by atoms with Crippen LogP contribution in [0.2, 0.25) is 0 Å². The first kappa shape index (κ1) is 18.0. The number of rotatable bonds is 10. The van der Waals surface area contributed by atoms with Gasteiger partial charge < -0.3 is 9.84 Å². The van der Waals surface area contributed by atoms with E-state index in [1.807, 2.05) is 0 Å². The molecule has 0 aromatic rings. The van der Waals surface area contributed by atoms with Gasteiger partial charge in [0.2, 0.25) is 0 Å². The van der Waals surface area contributed by atoms with Crippen LogP contribution in [0.1, 0.15) is 96.8 Å². The van der Waals surface area contributed by atoms with Gasteiger partial charge in [-0.25, -0.2) is 0 Å². The Morgan fingerprint density at radius 1 is 0.900 bits per heavy atom. The molecular formula is C18H36O2. The predicted molar refractivity (Wildman–Crippen MR) is 86.1 cm³/mol. The third kappa shape index (κ3) is 6.13. The third-order valence-electron chi connectivity index (χ3n) is 5.04. The molecule has 0 aromatic heterocycles. The number of ether oxygens (including phenoxy) is 1. The Balaban J connectivity index is 2.20. The van der Waals surface area contributed by atoms with Gasteiger partial charge in [-0.15, -0.1) is 0 Å². The summed E-state index contributed by atoms with van der Waals surface area (Å²) < 4.78 is 5.78. The Hall–Kier alpha value is -0.0800. The molecule has 0 radical (unpaired) electrons. The molecule has 1 aliphatic rings. The molecule has 0 aromatic carbocycles. The van der Waals surface area contributed by atoms with Gasteiger partial charge in [0, 0.05) is 7.11 Å². The van der Waals surface area contributed by atoms with Crippen LogP contribution in [0, 0.1) is 0 Å². The van der Waals surface area contributed by atoms with Gasteiger partial charge in [-0.05, 0) is 19.3 Å². The van der Waals surface area contributed by atoms with Crippen molar-refractivity contribution in [2.24, 2.45) is 0 Å². The Bertz CT molecular complexity index is 219. The maximum absolute atomic E-state index is 10.6. The minimum absolute atomic E-state index is 0.237. The summed E-state index contributed by atoms with van der Waals surface area (Å²) in [4.78, 5) is 0. The van der Waals surface area contributed by atoms with E-state index < -0.39 is 0 Å². The van der Waals surface area contributed by atoms with E-state index in [2.05, 4.69) is 6.92 Å². The summed E-state index contributed by atoms with van der Waals surface area (Å²) in [6.45, 7) is 2.26. The molecule has 0 spiro atoms. The summed E-state index contributed by atoms with van der Waals surface area (Å²) >= 11 is 0. The first-order chi connectivity index (χ1) is 9.75. The van der Waals surface area contributed by atoms with Gasteiger partial charge >= 0.3 is 0 Å². The molecule has 0 heterocycles. The molecule has 2 heteroatoms. The normalized spacial score (nSPS) is 20.6. The Morgan fingerprint density at radius 3 is 2.00 bits per heavy atom. The highest BCUT2D eigenvalue weighted by atomic mass is 16.5. The molecule has 1 rings (SSSR count). The van der Waals surface area contributed by atoms with Crippen LogP contribution in [0.3, 0.4) is 0 Å². The molecule has 1 atom stereocenters. The molecule has 20 heavy (non-hydrogen) atoms. The van der Waals surface area contributed by atoms with Crippen molar-refractivity contribution in [2.75, 3.05) is 7.11 Å². The van der Waals surface area contributed by atoms with Crippen molar-refractivity contribution in [2.45, 2.75) is 109 Å². The Morgan fingerprint density at radius 2 is 1.45 bits per heavy atom. The highest BCUT2D eigenvalue weighted by Gasteiger charge is 2.37. The van der Waals surface area contributed by atoms with Gasteiger partial charge in [-0.1, -0.05) is 77.6 Å². The number of hydrogen-bond acceptors (Lipinski definition) is 2. The fraction of sp³-hybridized carbons (Fsp3) is 1.00. The second-order valence-electron chi connectivity index (χ2n) is 6.61. The number of aliphatic hydroxyl groups excluding tert-OH is 1. The van der Waals surface area contributed by atoms with Gasteiger partial charge in [0.05, 0.1) is 11.7 Å². The molecule has 1 saturated carbocycles. The van der Waals surface area contributed by atoms with Crippen LogP contribution >= 0.6 is 0 Å². The topological polar surface area (TPSA) is 29.5 Å². The van der Waals surface area contributed by atoms with Crippen LogP contribution in [0.4, 0.5) is 0 Å². The summed E-state index contributed by atoms with van der Waals surface area (Å²) in [7, 11) is 1.79. The van der Waals surface area contributed by atoms with E-state index >= 15 is 0 Å². The number of aliphatic hydroxyl groups is 1. The van der Waals surface area contributed by atoms with E-state index in [-0.39, 0.29) is 11.7 Å².